The molecule has 9 aromatic carbocycles. The molecule has 0 atom stereocenters. The molecule has 0 fully saturated rings. The number of hydrogen-bond acceptors (Lipinski definition) is 3. The lowest BCUT2D eigenvalue weighted by Gasteiger charge is -2.26. The van der Waals surface area contributed by atoms with E-state index in [0.29, 0.717) is 0 Å². The van der Waals surface area contributed by atoms with Gasteiger partial charge in [-0.15, -0.1) is 11.3 Å². The SMILES string of the molecule is c1ccc2c(c1)ccc1ccc(N(c3ccc(-c4cccc5c4sc4ccccc45)cc3)c3ccc4c(c3)oc3c5ccccc5ccc43)cc12. The second-order valence-corrected chi connectivity index (χ2v) is 14.4. The number of rotatable bonds is 4. The van der Waals surface area contributed by atoms with Gasteiger partial charge in [0.2, 0.25) is 0 Å². The molecule has 2 nitrogen and oxygen atoms in total. The van der Waals surface area contributed by atoms with Crippen LogP contribution in [-0.2, 0) is 0 Å². The van der Waals surface area contributed by atoms with Crippen molar-refractivity contribution >= 4 is 103 Å². The van der Waals surface area contributed by atoms with Crippen molar-refractivity contribution in [2.75, 3.05) is 4.90 Å². The Morgan fingerprint density at radius 3 is 1.86 bits per heavy atom. The lowest BCUT2D eigenvalue weighted by Crippen LogP contribution is -2.09. The van der Waals surface area contributed by atoms with Crippen molar-refractivity contribution in [3.8, 4) is 11.1 Å². The number of furan rings is 1. The van der Waals surface area contributed by atoms with Gasteiger partial charge in [0.25, 0.3) is 0 Å². The molecule has 0 aliphatic heterocycles. The molecular weight excluding hydrogens is 639 g/mol. The van der Waals surface area contributed by atoms with Crippen LogP contribution in [0, 0.1) is 0 Å². The van der Waals surface area contributed by atoms with E-state index in [1.165, 1.54) is 58.2 Å². The molecular formula is C48H29NOS. The fraction of sp³-hybridized carbons (Fsp3) is 0. The van der Waals surface area contributed by atoms with Gasteiger partial charge in [-0.2, -0.15) is 0 Å². The summed E-state index contributed by atoms with van der Waals surface area (Å²) in [5.74, 6) is 0. The van der Waals surface area contributed by atoms with Crippen molar-refractivity contribution in [2.24, 2.45) is 0 Å². The molecule has 0 aliphatic carbocycles. The lowest BCUT2D eigenvalue weighted by molar-refractivity contribution is 0.672. The summed E-state index contributed by atoms with van der Waals surface area (Å²) in [5, 5.41) is 12.2. The Bertz CT molecular complexity index is 3150. The number of nitrogens with zero attached hydrogens (tertiary/aromatic N) is 1. The van der Waals surface area contributed by atoms with Crippen molar-refractivity contribution in [3.63, 3.8) is 0 Å². The summed E-state index contributed by atoms with van der Waals surface area (Å²) in [7, 11) is 0. The number of fused-ring (bicyclic) bond motifs is 11. The largest absolute Gasteiger partial charge is 0.455 e. The monoisotopic (exact) mass is 667 g/mol. The number of anilines is 3. The maximum Gasteiger partial charge on any atom is 0.143 e. The van der Waals surface area contributed by atoms with Gasteiger partial charge in [0.1, 0.15) is 11.2 Å². The van der Waals surface area contributed by atoms with E-state index in [0.717, 1.165) is 44.4 Å². The summed E-state index contributed by atoms with van der Waals surface area (Å²) in [6.07, 6.45) is 0. The topological polar surface area (TPSA) is 16.4 Å². The smallest absolute Gasteiger partial charge is 0.143 e. The zero-order valence-corrected chi connectivity index (χ0v) is 28.3. The van der Waals surface area contributed by atoms with E-state index >= 15 is 0 Å². The molecule has 2 aromatic heterocycles. The van der Waals surface area contributed by atoms with Crippen molar-refractivity contribution in [2.45, 2.75) is 0 Å². The summed E-state index contributed by atoms with van der Waals surface area (Å²) >= 11 is 1.87. The number of hydrogen-bond donors (Lipinski definition) is 0. The normalized spacial score (nSPS) is 11.9. The summed E-state index contributed by atoms with van der Waals surface area (Å²) in [6.45, 7) is 0. The van der Waals surface area contributed by atoms with Crippen LogP contribution in [0.1, 0.15) is 0 Å². The molecule has 51 heavy (non-hydrogen) atoms. The van der Waals surface area contributed by atoms with Gasteiger partial charge >= 0.3 is 0 Å². The fourth-order valence-corrected chi connectivity index (χ4v) is 9.21. The van der Waals surface area contributed by atoms with Crippen LogP contribution >= 0.6 is 11.3 Å². The molecule has 2 heterocycles. The minimum Gasteiger partial charge on any atom is -0.455 e. The Morgan fingerprint density at radius 1 is 0.392 bits per heavy atom. The van der Waals surface area contributed by atoms with E-state index in [9.17, 15) is 0 Å². The molecule has 0 N–H and O–H groups in total. The van der Waals surface area contributed by atoms with Gasteiger partial charge in [0, 0.05) is 59.5 Å². The highest BCUT2D eigenvalue weighted by Crippen LogP contribution is 2.43. The van der Waals surface area contributed by atoms with Gasteiger partial charge in [0.15, 0.2) is 0 Å². The highest BCUT2D eigenvalue weighted by atomic mass is 32.1. The van der Waals surface area contributed by atoms with E-state index in [4.69, 9.17) is 4.42 Å². The molecule has 0 saturated heterocycles. The highest BCUT2D eigenvalue weighted by Gasteiger charge is 2.18. The first kappa shape index (κ1) is 28.4. The van der Waals surface area contributed by atoms with Crippen LogP contribution in [0.4, 0.5) is 17.1 Å². The van der Waals surface area contributed by atoms with Gasteiger partial charge in [0.05, 0.1) is 0 Å². The molecule has 11 aromatic rings. The quantitative estimate of drug-likeness (QED) is 0.174. The third kappa shape index (κ3) is 4.42. The first-order valence-electron chi connectivity index (χ1n) is 17.3. The maximum atomic E-state index is 6.67. The van der Waals surface area contributed by atoms with Crippen molar-refractivity contribution in [3.05, 3.63) is 176 Å². The Labute approximate surface area is 298 Å². The van der Waals surface area contributed by atoms with Crippen LogP contribution in [0.2, 0.25) is 0 Å². The predicted molar refractivity (Wildman–Crippen MR) is 219 cm³/mol. The van der Waals surface area contributed by atoms with E-state index in [1.807, 2.05) is 11.3 Å². The van der Waals surface area contributed by atoms with Crippen LogP contribution in [-0.4, -0.2) is 0 Å². The molecule has 11 rings (SSSR count). The standard InChI is InChI=1S/C48H29NOS/c1-3-10-37-30(8-1)16-17-33-20-24-35(28-44(33)37)49(36-25-27-40-42-26-21-31-9-2-4-11-38(31)47(42)50-45(40)29-36)34-22-18-32(19-23-34)39-13-7-14-43-41-12-5-6-15-46(41)51-48(39)43/h1-29H. The van der Waals surface area contributed by atoms with Crippen LogP contribution < -0.4 is 4.90 Å². The van der Waals surface area contributed by atoms with E-state index in [-0.39, 0.29) is 0 Å². The predicted octanol–water partition coefficient (Wildman–Crippen LogP) is 14.6. The molecule has 0 bridgehead atoms. The Hall–Kier alpha value is -6.42. The number of thiophene rings is 1. The van der Waals surface area contributed by atoms with Gasteiger partial charge < -0.3 is 9.32 Å². The Kier molecular flexibility index (Phi) is 6.16. The minimum atomic E-state index is 0.878. The molecule has 238 valence electrons. The van der Waals surface area contributed by atoms with Crippen molar-refractivity contribution in [1.82, 2.24) is 0 Å². The third-order valence-corrected chi connectivity index (χ3v) is 11.7. The molecule has 0 saturated carbocycles. The fourth-order valence-electron chi connectivity index (χ4n) is 7.97. The maximum absolute atomic E-state index is 6.67. The first-order valence-corrected chi connectivity index (χ1v) is 18.1. The third-order valence-electron chi connectivity index (χ3n) is 10.4. The molecule has 0 aliphatic rings. The van der Waals surface area contributed by atoms with Gasteiger partial charge in [-0.1, -0.05) is 121 Å². The van der Waals surface area contributed by atoms with Crippen LogP contribution in [0.15, 0.2) is 180 Å². The average Bonchev–Trinajstić information content (AvgIpc) is 3.77. The van der Waals surface area contributed by atoms with E-state index in [2.05, 4.69) is 181 Å². The highest BCUT2D eigenvalue weighted by molar-refractivity contribution is 7.26. The van der Waals surface area contributed by atoms with E-state index in [1.54, 1.807) is 0 Å². The van der Waals surface area contributed by atoms with Crippen LogP contribution in [0.25, 0.3) is 85.6 Å². The second kappa shape index (κ2) is 11.0. The summed E-state index contributed by atoms with van der Waals surface area (Å²) < 4.78 is 9.32. The molecule has 0 unspecified atom stereocenters. The number of benzene rings is 9. The Balaban J connectivity index is 1.10. The summed E-state index contributed by atoms with van der Waals surface area (Å²) in [4.78, 5) is 2.36. The van der Waals surface area contributed by atoms with Crippen molar-refractivity contribution < 1.29 is 4.42 Å². The molecule has 0 spiro atoms. The van der Waals surface area contributed by atoms with Gasteiger partial charge in [-0.25, -0.2) is 0 Å². The van der Waals surface area contributed by atoms with Crippen molar-refractivity contribution in [1.29, 1.82) is 0 Å². The van der Waals surface area contributed by atoms with Crippen LogP contribution in [0.5, 0.6) is 0 Å². The minimum absolute atomic E-state index is 0.878. The zero-order valence-electron chi connectivity index (χ0n) is 27.5. The molecule has 3 heteroatoms. The van der Waals surface area contributed by atoms with Crippen LogP contribution in [0.3, 0.4) is 0 Å². The van der Waals surface area contributed by atoms with Gasteiger partial charge in [-0.05, 0) is 86.6 Å². The molecule has 0 radical (unpaired) electrons. The van der Waals surface area contributed by atoms with Gasteiger partial charge in [-0.3, -0.25) is 0 Å². The lowest BCUT2D eigenvalue weighted by atomic mass is 10.00. The first-order chi connectivity index (χ1) is 25.3. The average molecular weight is 668 g/mol. The zero-order chi connectivity index (χ0) is 33.5. The summed E-state index contributed by atoms with van der Waals surface area (Å²) in [5.41, 5.74) is 7.51. The molecule has 0 amide bonds. The van der Waals surface area contributed by atoms with E-state index < -0.39 is 0 Å². The summed E-state index contributed by atoms with van der Waals surface area (Å²) in [6, 6.07) is 63.8. The second-order valence-electron chi connectivity index (χ2n) is 13.3. The Morgan fingerprint density at radius 2 is 1.00 bits per heavy atom.